The van der Waals surface area contributed by atoms with Gasteiger partial charge in [0.05, 0.1) is 10.5 Å². The molecule has 28 heavy (non-hydrogen) atoms. The van der Waals surface area contributed by atoms with Crippen molar-refractivity contribution in [3.63, 3.8) is 0 Å². The number of rotatable bonds is 4. The van der Waals surface area contributed by atoms with Crippen molar-refractivity contribution in [2.75, 3.05) is 6.54 Å². The van der Waals surface area contributed by atoms with Crippen molar-refractivity contribution in [3.8, 4) is 5.69 Å². The number of allylic oxidation sites excluding steroid dienone is 1. The number of carbonyl (C=O) groups is 2. The maximum Gasteiger partial charge on any atom is 0.335 e. The summed E-state index contributed by atoms with van der Waals surface area (Å²) in [7, 11) is 0. The van der Waals surface area contributed by atoms with Crippen molar-refractivity contribution in [1.82, 2.24) is 9.47 Å². The van der Waals surface area contributed by atoms with Gasteiger partial charge in [-0.05, 0) is 51.1 Å². The molecule has 0 aliphatic carbocycles. The van der Waals surface area contributed by atoms with Gasteiger partial charge in [-0.2, -0.15) is 0 Å². The van der Waals surface area contributed by atoms with E-state index < -0.39 is 5.97 Å². The number of thiocarbonyl (C=S) groups is 1. The van der Waals surface area contributed by atoms with E-state index in [0.29, 0.717) is 21.3 Å². The van der Waals surface area contributed by atoms with Gasteiger partial charge in [0.15, 0.2) is 0 Å². The zero-order valence-corrected chi connectivity index (χ0v) is 17.6. The van der Waals surface area contributed by atoms with Crippen LogP contribution < -0.4 is 0 Å². The Hall–Kier alpha value is -2.64. The highest BCUT2D eigenvalue weighted by molar-refractivity contribution is 8.26. The molecule has 0 unspecified atom stereocenters. The highest BCUT2D eigenvalue weighted by Gasteiger charge is 2.30. The monoisotopic (exact) mass is 414 g/mol. The Morgan fingerprint density at radius 2 is 1.89 bits per heavy atom. The van der Waals surface area contributed by atoms with E-state index in [-0.39, 0.29) is 5.91 Å². The highest BCUT2D eigenvalue weighted by Crippen LogP contribution is 2.30. The Kier molecular flexibility index (Phi) is 7.37. The molecular formula is C21H22N2O3S2. The van der Waals surface area contributed by atoms with Gasteiger partial charge in [0.2, 0.25) is 0 Å². The van der Waals surface area contributed by atoms with Crippen LogP contribution >= 0.6 is 24.0 Å². The van der Waals surface area contributed by atoms with Crippen molar-refractivity contribution < 1.29 is 14.7 Å². The fraction of sp³-hybridized carbons (Fsp3) is 0.190. The number of aromatic carboxylic acids is 1. The first kappa shape index (κ1) is 21.7. The van der Waals surface area contributed by atoms with Gasteiger partial charge in [0, 0.05) is 23.6 Å². The molecule has 1 aliphatic heterocycles. The number of hydrogen-bond donors (Lipinski definition) is 1. The third kappa shape index (κ3) is 4.79. The van der Waals surface area contributed by atoms with Crippen LogP contribution in [0.25, 0.3) is 5.69 Å². The molecule has 2 heterocycles. The van der Waals surface area contributed by atoms with E-state index in [0.717, 1.165) is 17.1 Å². The van der Waals surface area contributed by atoms with Crippen LogP contribution in [0.4, 0.5) is 0 Å². The molecule has 7 heteroatoms. The van der Waals surface area contributed by atoms with Crippen LogP contribution in [-0.2, 0) is 4.79 Å². The van der Waals surface area contributed by atoms with Crippen LogP contribution in [0.1, 0.15) is 28.7 Å². The number of carboxylic acid groups (broad SMARTS) is 1. The molecular weight excluding hydrogens is 392 g/mol. The van der Waals surface area contributed by atoms with E-state index in [4.69, 9.17) is 17.3 Å². The number of aromatic nitrogens is 1. The molecule has 0 spiro atoms. The Morgan fingerprint density at radius 1 is 1.25 bits per heavy atom. The molecule has 5 nitrogen and oxygen atoms in total. The summed E-state index contributed by atoms with van der Waals surface area (Å²) in [6, 6.07) is 11.0. The Balaban J connectivity index is 0.000000209. The summed E-state index contributed by atoms with van der Waals surface area (Å²) < 4.78 is 2.65. The summed E-state index contributed by atoms with van der Waals surface area (Å²) in [6.45, 7) is 9.90. The van der Waals surface area contributed by atoms with Gasteiger partial charge >= 0.3 is 5.97 Å². The molecule has 1 aromatic heterocycles. The zero-order chi connectivity index (χ0) is 20.8. The average Bonchev–Trinajstić information content (AvgIpc) is 3.15. The van der Waals surface area contributed by atoms with Crippen LogP contribution in [0.2, 0.25) is 0 Å². The minimum absolute atomic E-state index is 0.00704. The fourth-order valence-electron chi connectivity index (χ4n) is 2.73. The standard InChI is InChI=1S/C13H13NO2.C8H9NOS2/c1-9-6-7-10(2)14(9)12-5-3-4-11(8-12)13(15)16;1-3-5-9-7(10)6(4-2)12-8(9)11/h3-8H,1-2H3,(H,15,16);3-4H,1,5H2,2H3/b;6-4-. The van der Waals surface area contributed by atoms with E-state index >= 15 is 0 Å². The summed E-state index contributed by atoms with van der Waals surface area (Å²) in [6.07, 6.45) is 3.45. The van der Waals surface area contributed by atoms with Crippen LogP contribution in [-0.4, -0.2) is 37.3 Å². The predicted octanol–water partition coefficient (Wildman–Crippen LogP) is 4.73. The quantitative estimate of drug-likeness (QED) is 0.445. The molecule has 3 rings (SSSR count). The van der Waals surface area contributed by atoms with E-state index in [1.165, 1.54) is 11.8 Å². The molecule has 1 amide bonds. The van der Waals surface area contributed by atoms with Gasteiger partial charge in [-0.15, -0.1) is 6.58 Å². The average molecular weight is 415 g/mol. The Morgan fingerprint density at radius 3 is 2.39 bits per heavy atom. The number of carboxylic acids is 1. The van der Waals surface area contributed by atoms with Crippen molar-refractivity contribution in [2.24, 2.45) is 0 Å². The van der Waals surface area contributed by atoms with Crippen LogP contribution in [0.5, 0.6) is 0 Å². The smallest absolute Gasteiger partial charge is 0.335 e. The molecule has 0 saturated carbocycles. The lowest BCUT2D eigenvalue weighted by Gasteiger charge is -2.10. The van der Waals surface area contributed by atoms with E-state index in [9.17, 15) is 9.59 Å². The second kappa shape index (κ2) is 9.52. The number of nitrogens with zero attached hydrogens (tertiary/aromatic N) is 2. The third-order valence-corrected chi connectivity index (χ3v) is 5.57. The number of aryl methyl sites for hydroxylation is 2. The first-order chi connectivity index (χ1) is 13.3. The van der Waals surface area contributed by atoms with Crippen molar-refractivity contribution in [2.45, 2.75) is 20.8 Å². The van der Waals surface area contributed by atoms with E-state index in [2.05, 4.69) is 6.58 Å². The zero-order valence-electron chi connectivity index (χ0n) is 16.0. The van der Waals surface area contributed by atoms with Crippen LogP contribution in [0.3, 0.4) is 0 Å². The second-order valence-corrected chi connectivity index (χ2v) is 7.71. The summed E-state index contributed by atoms with van der Waals surface area (Å²) in [5.41, 5.74) is 3.39. The second-order valence-electron chi connectivity index (χ2n) is 6.03. The largest absolute Gasteiger partial charge is 0.478 e. The molecule has 0 radical (unpaired) electrons. The summed E-state index contributed by atoms with van der Waals surface area (Å²) >= 11 is 6.35. The van der Waals surface area contributed by atoms with Gasteiger partial charge in [-0.3, -0.25) is 9.69 Å². The van der Waals surface area contributed by atoms with Gasteiger partial charge in [0.1, 0.15) is 4.32 Å². The molecule has 0 atom stereocenters. The summed E-state index contributed by atoms with van der Waals surface area (Å²) in [4.78, 5) is 24.6. The maximum absolute atomic E-state index is 11.4. The minimum atomic E-state index is -0.899. The fourth-order valence-corrected chi connectivity index (χ4v) is 3.93. The number of benzene rings is 1. The van der Waals surface area contributed by atoms with Crippen molar-refractivity contribution >= 4 is 40.2 Å². The molecule has 1 fully saturated rings. The molecule has 0 bridgehead atoms. The van der Waals surface area contributed by atoms with Gasteiger partial charge in [-0.1, -0.05) is 42.2 Å². The Labute approximate surface area is 174 Å². The highest BCUT2D eigenvalue weighted by atomic mass is 32.2. The lowest BCUT2D eigenvalue weighted by Crippen LogP contribution is -2.27. The Bertz CT molecular complexity index is 941. The lowest BCUT2D eigenvalue weighted by atomic mass is 10.2. The normalized spacial score (nSPS) is 14.8. The molecule has 146 valence electrons. The van der Waals surface area contributed by atoms with Gasteiger partial charge in [0.25, 0.3) is 5.91 Å². The number of carbonyl (C=O) groups excluding carboxylic acids is 1. The van der Waals surface area contributed by atoms with E-state index in [1.54, 1.807) is 35.3 Å². The van der Waals surface area contributed by atoms with Crippen LogP contribution in [0.15, 0.2) is 60.0 Å². The minimum Gasteiger partial charge on any atom is -0.478 e. The maximum atomic E-state index is 11.4. The van der Waals surface area contributed by atoms with Gasteiger partial charge in [-0.25, -0.2) is 4.79 Å². The van der Waals surface area contributed by atoms with E-state index in [1.807, 2.05) is 43.5 Å². The van der Waals surface area contributed by atoms with Crippen LogP contribution in [0, 0.1) is 13.8 Å². The lowest BCUT2D eigenvalue weighted by molar-refractivity contribution is -0.121. The SMILES string of the molecule is C=CCN1C(=O)/C(=C/C)SC1=S.Cc1ccc(C)n1-c1cccc(C(=O)O)c1. The number of hydrogen-bond acceptors (Lipinski definition) is 4. The number of amides is 1. The van der Waals surface area contributed by atoms with Gasteiger partial charge < -0.3 is 9.67 Å². The summed E-state index contributed by atoms with van der Waals surface area (Å²) in [5.74, 6) is -0.906. The van der Waals surface area contributed by atoms with Crippen molar-refractivity contribution in [1.29, 1.82) is 0 Å². The summed E-state index contributed by atoms with van der Waals surface area (Å²) in [5, 5.41) is 8.94. The first-order valence-corrected chi connectivity index (χ1v) is 9.82. The molecule has 1 N–H and O–H groups in total. The number of thioether (sulfide) groups is 1. The molecule has 2 aromatic rings. The first-order valence-electron chi connectivity index (χ1n) is 8.59. The third-order valence-electron chi connectivity index (χ3n) is 4.07. The van der Waals surface area contributed by atoms with Crippen molar-refractivity contribution in [3.05, 3.63) is 77.0 Å². The topological polar surface area (TPSA) is 62.5 Å². The molecule has 1 aromatic carbocycles. The molecule has 1 saturated heterocycles. The molecule has 1 aliphatic rings. The predicted molar refractivity (Wildman–Crippen MR) is 118 cm³/mol.